The van der Waals surface area contributed by atoms with Gasteiger partial charge in [0.15, 0.2) is 5.78 Å². The molecule has 6 amide bonds. The quantitative estimate of drug-likeness (QED) is 0.0118. The fraction of sp³-hybridized carbons (Fsp3) is 0.350. The van der Waals surface area contributed by atoms with Gasteiger partial charge >= 0.3 is 0 Å². The number of benzene rings is 7. The topological polar surface area (TPSA) is 244 Å². The number of fused-ring (bicyclic) bond motifs is 2. The summed E-state index contributed by atoms with van der Waals surface area (Å²) in [6.07, 6.45) is 2.82. The number of carbonyl (C=O) groups is 7. The van der Waals surface area contributed by atoms with Gasteiger partial charge in [-0.1, -0.05) is 132 Å². The van der Waals surface area contributed by atoms with Crippen LogP contribution in [0.1, 0.15) is 131 Å². The zero-order valence-corrected chi connectivity index (χ0v) is 58.2. The van der Waals surface area contributed by atoms with Crippen LogP contribution >= 0.6 is 0 Å². The maximum Gasteiger partial charge on any atom is 0.254 e. The number of amides is 6. The number of aromatic nitrogens is 3. The van der Waals surface area contributed by atoms with Gasteiger partial charge in [-0.2, -0.15) is 0 Å². The van der Waals surface area contributed by atoms with Crippen molar-refractivity contribution < 1.29 is 43.1 Å². The van der Waals surface area contributed by atoms with Gasteiger partial charge in [0, 0.05) is 128 Å². The predicted octanol–water partition coefficient (Wildman–Crippen LogP) is 9.49. The Balaban J connectivity index is 0.691. The number of aryl methyl sites for hydroxylation is 2. The Morgan fingerprint density at radius 1 is 0.630 bits per heavy atom. The zero-order chi connectivity index (χ0) is 70.7. The number of hydrogen-bond acceptors (Lipinski definition) is 12. The molecule has 3 aliphatic rings. The SMILES string of the molecule is CCN(CC)c1ccc2c(-c3ccccc3C(=O)N3CCN(C(=O)CCC(=O)NCCCCCC(=O)N[C@@H](Cc4ccc(C(=O)c5ccccc5)cc4)C(=O)NCc4cn(CC(O)[C@H](Cc5ccccc5)NC(=O)c5ccc(C)cc5C)nn4)CC3)c3ccc(=[N+](CC)CC)cc-3oc2c1. The third kappa shape index (κ3) is 18.6. The van der Waals surface area contributed by atoms with Crippen LogP contribution in [0, 0.1) is 13.8 Å². The summed E-state index contributed by atoms with van der Waals surface area (Å²) in [6.45, 7) is 17.4. The molecule has 0 saturated carbocycles. The molecule has 0 bridgehead atoms. The molecular weight excluding hydrogens is 1260 g/mol. The first-order chi connectivity index (χ1) is 48.5. The number of unbranched alkanes of at least 4 members (excludes halogenated alkanes) is 2. The number of carbonyl (C=O) groups excluding carboxylic acids is 7. The Bertz CT molecular complexity index is 4360. The fourth-order valence-corrected chi connectivity index (χ4v) is 13.1. The predicted molar refractivity (Wildman–Crippen MR) is 389 cm³/mol. The van der Waals surface area contributed by atoms with Crippen molar-refractivity contribution in [2.75, 3.05) is 63.8 Å². The van der Waals surface area contributed by atoms with Crippen LogP contribution in [0.5, 0.6) is 0 Å². The minimum Gasteiger partial charge on any atom is -0.456 e. The largest absolute Gasteiger partial charge is 0.456 e. The smallest absolute Gasteiger partial charge is 0.254 e. The Morgan fingerprint density at radius 2 is 1.32 bits per heavy atom. The van der Waals surface area contributed by atoms with Crippen molar-refractivity contribution in [3.05, 3.63) is 226 Å². The van der Waals surface area contributed by atoms with E-state index < -0.39 is 24.1 Å². The lowest BCUT2D eigenvalue weighted by atomic mass is 9.90. The average molecular weight is 1350 g/mol. The van der Waals surface area contributed by atoms with Gasteiger partial charge in [-0.3, -0.25) is 33.6 Å². The van der Waals surface area contributed by atoms with E-state index in [1.807, 2.05) is 86.6 Å². The number of anilines is 1. The first-order valence-corrected chi connectivity index (χ1v) is 35.0. The number of nitrogens with zero attached hydrogens (tertiary/aromatic N) is 7. The van der Waals surface area contributed by atoms with Crippen molar-refractivity contribution in [3.63, 3.8) is 0 Å². The first kappa shape index (κ1) is 72.2. The third-order valence-corrected chi connectivity index (χ3v) is 18.7. The van der Waals surface area contributed by atoms with E-state index in [0.29, 0.717) is 91.9 Å². The van der Waals surface area contributed by atoms with Crippen LogP contribution in [-0.4, -0.2) is 148 Å². The summed E-state index contributed by atoms with van der Waals surface area (Å²) in [5.74, 6) is -1.07. The van der Waals surface area contributed by atoms with Gasteiger partial charge in [0.25, 0.3) is 11.8 Å². The molecule has 10 rings (SSSR count). The first-order valence-electron chi connectivity index (χ1n) is 35.0. The Labute approximate surface area is 584 Å². The molecule has 1 aliphatic carbocycles. The Morgan fingerprint density at radius 3 is 2.04 bits per heavy atom. The molecular formula is C80H92N11O9+. The van der Waals surface area contributed by atoms with Crippen LogP contribution in [0.15, 0.2) is 174 Å². The molecule has 1 fully saturated rings. The number of nitrogens with one attached hydrogen (secondary N) is 4. The molecule has 6 aromatic carbocycles. The molecule has 0 spiro atoms. The fourth-order valence-electron chi connectivity index (χ4n) is 13.1. The third-order valence-electron chi connectivity index (χ3n) is 18.7. The molecule has 5 N–H and O–H groups in total. The molecule has 1 saturated heterocycles. The van der Waals surface area contributed by atoms with Crippen molar-refractivity contribution in [2.45, 2.75) is 124 Å². The van der Waals surface area contributed by atoms with Gasteiger partial charge in [-0.15, -0.1) is 5.10 Å². The average Bonchev–Trinajstić information content (AvgIpc) is 0.770. The van der Waals surface area contributed by atoms with Gasteiger partial charge in [0.05, 0.1) is 37.5 Å². The van der Waals surface area contributed by atoms with Gasteiger partial charge in [0.1, 0.15) is 36.2 Å². The van der Waals surface area contributed by atoms with Crippen LogP contribution in [0.4, 0.5) is 5.69 Å². The van der Waals surface area contributed by atoms with Gasteiger partial charge < -0.3 is 45.5 Å². The summed E-state index contributed by atoms with van der Waals surface area (Å²) in [7, 11) is 0. The van der Waals surface area contributed by atoms with Crippen molar-refractivity contribution in [2.24, 2.45) is 0 Å². The molecule has 3 heterocycles. The van der Waals surface area contributed by atoms with E-state index in [1.165, 1.54) is 4.68 Å². The standard InChI is InChI=1S/C80H91N11O9/c1-7-87(8-2)61-34-37-66-71(49-61)100-72-50-62(88(9-3)10-4)35-38-67(72)76(66)64-26-19-20-27-65(64)80(99)90-44-42-89(43-45-90)75(95)40-39-73(93)81-41-21-13-18-28-74(94)83-69(48-57-30-32-59(33-31-57)77(96)58-24-16-12-17-25-58)79(98)82-51-60-52-91(86-85-60)53-70(92)68(47-56-22-14-11-15-23-56)84-78(97)63-36-29-54(5)46-55(63)6/h11-12,14-17,19-20,22-27,29-38,46,49-50,52,68-70,92H,7-10,13,18,21,28,39-45,47-48,51,53H2,1-6H3,(H3-,81,82,83,84,93,94,97,98)/p+1/t68-,69-,70?/m0/s1. The van der Waals surface area contributed by atoms with E-state index in [4.69, 9.17) is 4.42 Å². The monoisotopic (exact) mass is 1350 g/mol. The van der Waals surface area contributed by atoms with Gasteiger partial charge in [-0.25, -0.2) is 9.26 Å². The van der Waals surface area contributed by atoms with E-state index in [-0.39, 0.29) is 74.1 Å². The lowest BCUT2D eigenvalue weighted by Gasteiger charge is -2.35. The minimum absolute atomic E-state index is 0.00824. The van der Waals surface area contributed by atoms with E-state index in [2.05, 4.69) is 105 Å². The highest BCUT2D eigenvalue weighted by molar-refractivity contribution is 6.10. The second-order valence-electron chi connectivity index (χ2n) is 25.6. The number of aliphatic hydroxyl groups is 1. The van der Waals surface area contributed by atoms with Crippen LogP contribution in [0.2, 0.25) is 0 Å². The van der Waals surface area contributed by atoms with Crippen molar-refractivity contribution in [1.82, 2.24) is 50.6 Å². The number of piperazine rings is 1. The molecule has 2 aliphatic heterocycles. The van der Waals surface area contributed by atoms with E-state index in [1.54, 1.807) is 70.6 Å². The molecule has 100 heavy (non-hydrogen) atoms. The molecule has 1 aromatic heterocycles. The van der Waals surface area contributed by atoms with Crippen molar-refractivity contribution >= 4 is 57.9 Å². The van der Waals surface area contributed by atoms with E-state index in [9.17, 15) is 38.7 Å². The van der Waals surface area contributed by atoms with Crippen molar-refractivity contribution in [1.29, 1.82) is 0 Å². The second kappa shape index (κ2) is 34.7. The highest BCUT2D eigenvalue weighted by Gasteiger charge is 2.30. The zero-order valence-electron chi connectivity index (χ0n) is 58.2. The van der Waals surface area contributed by atoms with Crippen LogP contribution in [-0.2, 0) is 45.1 Å². The molecule has 520 valence electrons. The highest BCUT2D eigenvalue weighted by atomic mass is 16.3. The molecule has 1 unspecified atom stereocenters. The molecule has 3 atom stereocenters. The number of ketones is 1. The highest BCUT2D eigenvalue weighted by Crippen LogP contribution is 2.42. The van der Waals surface area contributed by atoms with Crippen LogP contribution in [0.25, 0.3) is 33.4 Å². The number of rotatable bonds is 31. The Kier molecular flexibility index (Phi) is 25.1. The maximum atomic E-state index is 14.6. The molecule has 0 radical (unpaired) electrons. The van der Waals surface area contributed by atoms with E-state index >= 15 is 0 Å². The second-order valence-corrected chi connectivity index (χ2v) is 25.6. The summed E-state index contributed by atoms with van der Waals surface area (Å²) in [4.78, 5) is 101. The summed E-state index contributed by atoms with van der Waals surface area (Å²) in [5.41, 5.74) is 10.4. The van der Waals surface area contributed by atoms with Gasteiger partial charge in [0.2, 0.25) is 29.0 Å². The van der Waals surface area contributed by atoms with E-state index in [0.717, 1.165) is 87.3 Å². The maximum absolute atomic E-state index is 14.6. The number of hydrogen-bond donors (Lipinski definition) is 5. The molecule has 7 aromatic rings. The van der Waals surface area contributed by atoms with Crippen LogP contribution in [0.3, 0.4) is 0 Å². The normalized spacial score (nSPS) is 13.1. The summed E-state index contributed by atoms with van der Waals surface area (Å²) in [6, 6.07) is 49.7. The number of aliphatic hydroxyl groups excluding tert-OH is 1. The Hall–Kier alpha value is -10.6. The lowest BCUT2D eigenvalue weighted by Crippen LogP contribution is -2.50. The molecule has 20 heteroatoms. The van der Waals surface area contributed by atoms with Gasteiger partial charge in [-0.05, 0) is 113 Å². The van der Waals surface area contributed by atoms with Crippen molar-refractivity contribution in [3.8, 4) is 22.5 Å². The summed E-state index contributed by atoms with van der Waals surface area (Å²) in [5, 5.41) is 33.8. The minimum atomic E-state index is -1.07. The summed E-state index contributed by atoms with van der Waals surface area (Å²) >= 11 is 0. The summed E-state index contributed by atoms with van der Waals surface area (Å²) < 4.78 is 10.5. The lowest BCUT2D eigenvalue weighted by molar-refractivity contribution is -0.134. The van der Waals surface area contributed by atoms with Crippen LogP contribution < -0.4 is 36.1 Å². The molecule has 20 nitrogen and oxygen atoms in total.